The van der Waals surface area contributed by atoms with Crippen molar-refractivity contribution in [3.63, 3.8) is 0 Å². The molecule has 9 nitrogen and oxygen atoms in total. The minimum atomic E-state index is -3.56. The zero-order valence-corrected chi connectivity index (χ0v) is 17.9. The van der Waals surface area contributed by atoms with Gasteiger partial charge in [0.1, 0.15) is 11.3 Å². The molecule has 0 heterocycles. The van der Waals surface area contributed by atoms with Gasteiger partial charge in [0.25, 0.3) is 5.69 Å². The Morgan fingerprint density at radius 1 is 1.07 bits per heavy atom. The van der Waals surface area contributed by atoms with Crippen LogP contribution in [0.15, 0.2) is 42.5 Å². The molecule has 0 saturated carbocycles. The molecule has 0 aliphatic rings. The molecule has 2 aromatic carbocycles. The van der Waals surface area contributed by atoms with Gasteiger partial charge in [0.2, 0.25) is 5.78 Å². The first-order chi connectivity index (χ1) is 14.4. The number of nitrogens with zero attached hydrogens (tertiary/aromatic N) is 1. The Labute approximate surface area is 174 Å². The molecule has 0 amide bonds. The van der Waals surface area contributed by atoms with Crippen molar-refractivity contribution in [1.29, 1.82) is 0 Å². The lowest BCUT2D eigenvalue weighted by Crippen LogP contribution is -2.13. The fraction of sp³-hybridized carbons (Fsp3) is 0.350. The van der Waals surface area contributed by atoms with E-state index in [4.69, 9.17) is 18.5 Å². The summed E-state index contributed by atoms with van der Waals surface area (Å²) in [7, 11) is -2.19. The van der Waals surface area contributed by atoms with Crippen molar-refractivity contribution in [2.24, 2.45) is 0 Å². The van der Waals surface area contributed by atoms with Crippen molar-refractivity contribution in [2.45, 2.75) is 20.0 Å². The molecule has 0 unspecified atom stereocenters. The van der Waals surface area contributed by atoms with Crippen LogP contribution >= 0.6 is 7.60 Å². The Morgan fingerprint density at radius 3 is 2.23 bits per heavy atom. The summed E-state index contributed by atoms with van der Waals surface area (Å²) in [5, 5.41) is 11.6. The number of hydrogen-bond acceptors (Lipinski definition) is 8. The van der Waals surface area contributed by atoms with E-state index in [2.05, 4.69) is 0 Å². The maximum absolute atomic E-state index is 13.2. The predicted molar refractivity (Wildman–Crippen MR) is 110 cm³/mol. The molecule has 30 heavy (non-hydrogen) atoms. The highest BCUT2D eigenvalue weighted by Crippen LogP contribution is 2.53. The van der Waals surface area contributed by atoms with Gasteiger partial charge in [-0.1, -0.05) is 30.3 Å². The average molecular weight is 437 g/mol. The fourth-order valence-electron chi connectivity index (χ4n) is 2.86. The number of benzene rings is 2. The van der Waals surface area contributed by atoms with Crippen molar-refractivity contribution in [3.05, 3.63) is 69.3 Å². The van der Waals surface area contributed by atoms with Crippen LogP contribution in [-0.4, -0.2) is 37.8 Å². The van der Waals surface area contributed by atoms with Crippen LogP contribution in [0.5, 0.6) is 5.75 Å². The Balaban J connectivity index is 2.67. The van der Waals surface area contributed by atoms with E-state index in [0.29, 0.717) is 0 Å². The van der Waals surface area contributed by atoms with Crippen LogP contribution in [0.4, 0.5) is 5.69 Å². The first-order valence-electron chi connectivity index (χ1n) is 9.26. The second kappa shape index (κ2) is 11.0. The van der Waals surface area contributed by atoms with E-state index in [1.54, 1.807) is 44.2 Å². The average Bonchev–Trinajstić information content (AvgIpc) is 2.72. The maximum atomic E-state index is 13.2. The number of nitro benzene ring substituents is 1. The number of rotatable bonds is 12. The molecule has 0 spiro atoms. The molecule has 0 aliphatic heterocycles. The van der Waals surface area contributed by atoms with Crippen LogP contribution in [-0.2, 0) is 24.5 Å². The number of carbonyl (C=O) groups excluding carboxylic acids is 1. The summed E-state index contributed by atoms with van der Waals surface area (Å²) in [4.78, 5) is 24.2. The number of methoxy groups -OCH3 is 1. The predicted octanol–water partition coefficient (Wildman–Crippen LogP) is 4.57. The zero-order valence-electron chi connectivity index (χ0n) is 17.0. The van der Waals surface area contributed by atoms with Crippen molar-refractivity contribution in [1.82, 2.24) is 0 Å². The first-order valence-corrected chi connectivity index (χ1v) is 11.0. The Hall–Kier alpha value is -2.58. The van der Waals surface area contributed by atoms with Crippen LogP contribution < -0.4 is 4.74 Å². The Kier molecular flexibility index (Phi) is 8.68. The normalized spacial score (nSPS) is 11.3. The fourth-order valence-corrected chi connectivity index (χ4v) is 4.57. The molecule has 0 radical (unpaired) electrons. The van der Waals surface area contributed by atoms with Crippen molar-refractivity contribution in [2.75, 3.05) is 27.1 Å². The van der Waals surface area contributed by atoms with Gasteiger partial charge >= 0.3 is 7.60 Å². The van der Waals surface area contributed by atoms with E-state index in [1.807, 2.05) is 0 Å². The van der Waals surface area contributed by atoms with Gasteiger partial charge < -0.3 is 18.5 Å². The standard InChI is InChI=1S/C20H24NO8P/c1-4-28-30(25,29-5-2)13-16-11-12-17(21(23)24)18(20(16)27-14-26-3)19(22)15-9-7-6-8-10-15/h6-12H,4-5,13-14H2,1-3H3. The molecule has 162 valence electrons. The molecular weight excluding hydrogens is 413 g/mol. The molecule has 0 atom stereocenters. The molecule has 2 rings (SSSR count). The SMILES string of the molecule is CCOP(=O)(Cc1ccc([N+](=O)[O-])c(C(=O)c2ccccc2)c1OCOC)OCC. The molecule has 0 fully saturated rings. The summed E-state index contributed by atoms with van der Waals surface area (Å²) in [6.07, 6.45) is -0.221. The van der Waals surface area contributed by atoms with Gasteiger partial charge in [-0.25, -0.2) is 0 Å². The lowest BCUT2D eigenvalue weighted by Gasteiger charge is -2.20. The summed E-state index contributed by atoms with van der Waals surface area (Å²) >= 11 is 0. The van der Waals surface area contributed by atoms with Gasteiger partial charge in [0, 0.05) is 24.3 Å². The number of ketones is 1. The van der Waals surface area contributed by atoms with Gasteiger partial charge in [-0.2, -0.15) is 0 Å². The van der Waals surface area contributed by atoms with Crippen LogP contribution in [0.1, 0.15) is 35.3 Å². The van der Waals surface area contributed by atoms with Crippen LogP contribution in [0, 0.1) is 10.1 Å². The van der Waals surface area contributed by atoms with Gasteiger partial charge in [-0.3, -0.25) is 19.5 Å². The van der Waals surface area contributed by atoms with E-state index < -0.39 is 24.0 Å². The monoisotopic (exact) mass is 437 g/mol. The smallest absolute Gasteiger partial charge is 0.335 e. The lowest BCUT2D eigenvalue weighted by molar-refractivity contribution is -0.385. The molecular formula is C20H24NO8P. The van der Waals surface area contributed by atoms with Crippen molar-refractivity contribution < 1.29 is 32.8 Å². The zero-order chi connectivity index (χ0) is 22.1. The Bertz CT molecular complexity index is 922. The molecule has 0 saturated heterocycles. The van der Waals surface area contributed by atoms with Gasteiger partial charge in [0.15, 0.2) is 6.79 Å². The highest BCUT2D eigenvalue weighted by atomic mass is 31.2. The molecule has 0 aromatic heterocycles. The largest absolute Gasteiger partial charge is 0.466 e. The minimum Gasteiger partial charge on any atom is -0.466 e. The number of hydrogen-bond donors (Lipinski definition) is 0. The second-order valence-corrected chi connectivity index (χ2v) is 8.11. The van der Waals surface area contributed by atoms with Crippen molar-refractivity contribution >= 4 is 19.1 Å². The van der Waals surface area contributed by atoms with Crippen molar-refractivity contribution in [3.8, 4) is 5.75 Å². The topological polar surface area (TPSA) is 114 Å². The molecule has 2 aromatic rings. The molecule has 0 aliphatic carbocycles. The van der Waals surface area contributed by atoms with Gasteiger partial charge in [0.05, 0.1) is 24.3 Å². The summed E-state index contributed by atoms with van der Waals surface area (Å²) in [5.74, 6) is -0.683. The van der Waals surface area contributed by atoms with E-state index in [0.717, 1.165) is 0 Å². The maximum Gasteiger partial charge on any atom is 0.335 e. The number of nitro groups is 1. The third-order valence-corrected chi connectivity index (χ3v) is 6.04. The third kappa shape index (κ3) is 5.73. The van der Waals surface area contributed by atoms with Crippen LogP contribution in [0.2, 0.25) is 0 Å². The number of ether oxygens (including phenoxy) is 2. The Morgan fingerprint density at radius 2 is 1.70 bits per heavy atom. The lowest BCUT2D eigenvalue weighted by atomic mass is 9.98. The van der Waals surface area contributed by atoms with E-state index in [-0.39, 0.29) is 48.6 Å². The van der Waals surface area contributed by atoms with Gasteiger partial charge in [-0.05, 0) is 19.9 Å². The van der Waals surface area contributed by atoms with E-state index >= 15 is 0 Å². The van der Waals surface area contributed by atoms with Crippen LogP contribution in [0.25, 0.3) is 0 Å². The molecule has 0 bridgehead atoms. The third-order valence-electron chi connectivity index (χ3n) is 4.01. The summed E-state index contributed by atoms with van der Waals surface area (Å²) < 4.78 is 34.2. The molecule has 0 N–H and O–H groups in total. The number of carbonyl (C=O) groups is 1. The van der Waals surface area contributed by atoms with E-state index in [1.165, 1.54) is 19.2 Å². The summed E-state index contributed by atoms with van der Waals surface area (Å²) in [6, 6.07) is 10.7. The molecule has 10 heteroatoms. The highest BCUT2D eigenvalue weighted by molar-refractivity contribution is 7.53. The first kappa shape index (κ1) is 23.7. The summed E-state index contributed by atoms with van der Waals surface area (Å²) in [6.45, 7) is 3.38. The summed E-state index contributed by atoms with van der Waals surface area (Å²) in [5.41, 5.74) is -0.151. The minimum absolute atomic E-state index is 0.0838. The van der Waals surface area contributed by atoms with Gasteiger partial charge in [-0.15, -0.1) is 0 Å². The quantitative estimate of drug-likeness (QED) is 0.156. The van der Waals surface area contributed by atoms with Crippen LogP contribution in [0.3, 0.4) is 0 Å². The van der Waals surface area contributed by atoms with E-state index in [9.17, 15) is 19.5 Å². The highest BCUT2D eigenvalue weighted by Gasteiger charge is 2.33. The second-order valence-electron chi connectivity index (χ2n) is 6.06.